The van der Waals surface area contributed by atoms with Crippen LogP contribution in [-0.4, -0.2) is 29.4 Å². The van der Waals surface area contributed by atoms with Crippen LogP contribution in [0.2, 0.25) is 0 Å². The topological polar surface area (TPSA) is 61.8 Å². The molecule has 0 bridgehead atoms. The van der Waals surface area contributed by atoms with Gasteiger partial charge in [-0.3, -0.25) is 13.9 Å². The van der Waals surface area contributed by atoms with Crippen LogP contribution in [0.1, 0.15) is 52.4 Å². The summed E-state index contributed by atoms with van der Waals surface area (Å²) in [5.41, 5.74) is 0.208. The summed E-state index contributed by atoms with van der Waals surface area (Å²) >= 11 is 12.6. The quantitative estimate of drug-likeness (QED) is 0.571. The lowest BCUT2D eigenvalue weighted by atomic mass is 10.2. The van der Waals surface area contributed by atoms with Gasteiger partial charge in [0.25, 0.3) is 5.56 Å². The molecule has 0 aliphatic heterocycles. The third kappa shape index (κ3) is 4.71. The number of halogens is 2. The fraction of sp³-hybridized carbons (Fsp3) is 0.722. The highest BCUT2D eigenvalue weighted by Gasteiger charge is 2.17. The second-order valence-corrected chi connectivity index (χ2v) is 7.99. The first-order valence-electron chi connectivity index (χ1n) is 9.33. The predicted octanol–water partition coefficient (Wildman–Crippen LogP) is 3.49. The van der Waals surface area contributed by atoms with E-state index in [0.29, 0.717) is 30.7 Å². The Morgan fingerprint density at radius 3 is 2.15 bits per heavy atom. The molecule has 2 rings (SSSR count). The van der Waals surface area contributed by atoms with Crippen molar-refractivity contribution in [1.29, 1.82) is 0 Å². The molecule has 0 fully saturated rings. The molecule has 0 N–H and O–H groups in total. The third-order valence-corrected chi connectivity index (χ3v) is 5.53. The number of aromatic nitrogens is 4. The highest BCUT2D eigenvalue weighted by molar-refractivity contribution is 6.20. The zero-order chi connectivity index (χ0) is 19.3. The van der Waals surface area contributed by atoms with E-state index in [1.165, 1.54) is 9.13 Å². The monoisotopic (exact) mass is 402 g/mol. The van der Waals surface area contributed by atoms with Crippen LogP contribution in [0.15, 0.2) is 15.9 Å². The van der Waals surface area contributed by atoms with Gasteiger partial charge in [-0.15, -0.1) is 23.2 Å². The van der Waals surface area contributed by atoms with Gasteiger partial charge < -0.3 is 4.57 Å². The van der Waals surface area contributed by atoms with Crippen molar-refractivity contribution in [1.82, 2.24) is 18.7 Å². The molecule has 0 aromatic carbocycles. The number of hydrogen-bond donors (Lipinski definition) is 0. The second-order valence-electron chi connectivity index (χ2n) is 6.76. The number of aryl methyl sites for hydroxylation is 2. The maximum atomic E-state index is 12.9. The number of hydrogen-bond acceptors (Lipinski definition) is 3. The first-order chi connectivity index (χ1) is 12.4. The van der Waals surface area contributed by atoms with E-state index < -0.39 is 0 Å². The van der Waals surface area contributed by atoms with Crippen molar-refractivity contribution < 1.29 is 0 Å². The lowest BCUT2D eigenvalue weighted by molar-refractivity contribution is 0.540. The highest BCUT2D eigenvalue weighted by Crippen LogP contribution is 2.14. The van der Waals surface area contributed by atoms with Gasteiger partial charge in [0.2, 0.25) is 0 Å². The Morgan fingerprint density at radius 1 is 1.00 bits per heavy atom. The molecule has 0 saturated carbocycles. The summed E-state index contributed by atoms with van der Waals surface area (Å²) in [5.74, 6) is 0. The molecule has 2 unspecified atom stereocenters. The molecular weight excluding hydrogens is 375 g/mol. The van der Waals surface area contributed by atoms with Crippen LogP contribution < -0.4 is 11.2 Å². The van der Waals surface area contributed by atoms with E-state index in [9.17, 15) is 9.59 Å². The van der Waals surface area contributed by atoms with Gasteiger partial charge in [-0.2, -0.15) is 0 Å². The molecule has 0 aliphatic rings. The molecule has 0 spiro atoms. The second kappa shape index (κ2) is 9.60. The van der Waals surface area contributed by atoms with Gasteiger partial charge >= 0.3 is 5.69 Å². The molecular formula is C18H28Cl2N4O2. The molecule has 2 heterocycles. The number of imidazole rings is 1. The maximum absolute atomic E-state index is 12.9. The third-order valence-electron chi connectivity index (χ3n) is 4.65. The van der Waals surface area contributed by atoms with Gasteiger partial charge in [0, 0.05) is 30.9 Å². The lowest BCUT2D eigenvalue weighted by Gasteiger charge is -2.12. The zero-order valence-electron chi connectivity index (χ0n) is 15.8. The van der Waals surface area contributed by atoms with Crippen molar-refractivity contribution in [2.24, 2.45) is 7.05 Å². The van der Waals surface area contributed by atoms with Crippen LogP contribution in [0.25, 0.3) is 11.2 Å². The average Bonchev–Trinajstić information content (AvgIpc) is 3.03. The van der Waals surface area contributed by atoms with E-state index in [4.69, 9.17) is 23.2 Å². The van der Waals surface area contributed by atoms with Crippen molar-refractivity contribution >= 4 is 34.4 Å². The van der Waals surface area contributed by atoms with E-state index in [-0.39, 0.29) is 22.0 Å². The Kier molecular flexibility index (Phi) is 7.77. The molecule has 2 aromatic rings. The summed E-state index contributed by atoms with van der Waals surface area (Å²) in [4.78, 5) is 29.8. The predicted molar refractivity (Wildman–Crippen MR) is 108 cm³/mol. The van der Waals surface area contributed by atoms with Gasteiger partial charge in [0.05, 0.1) is 6.33 Å². The van der Waals surface area contributed by atoms with Crippen molar-refractivity contribution in [3.05, 3.63) is 27.2 Å². The molecule has 0 radical (unpaired) electrons. The smallest absolute Gasteiger partial charge is 0.325 e. The molecule has 2 atom stereocenters. The Hall–Kier alpha value is -1.27. The molecule has 0 aliphatic carbocycles. The fourth-order valence-corrected chi connectivity index (χ4v) is 3.78. The van der Waals surface area contributed by atoms with E-state index in [1.807, 2.05) is 4.57 Å². The molecule has 0 saturated heterocycles. The standard InChI is InChI=1S/C18H28Cl2N4O2/c1-4-6-13(19)8-10-23-12-21-16-15(23)17(25)24(18(26)22(16)3)11-9-14(20)7-5-2/h12-14H,4-11H2,1-3H3. The Balaban J connectivity index is 2.34. The van der Waals surface area contributed by atoms with Crippen LogP contribution in [0.4, 0.5) is 0 Å². The highest BCUT2D eigenvalue weighted by atomic mass is 35.5. The average molecular weight is 403 g/mol. The van der Waals surface area contributed by atoms with Crippen molar-refractivity contribution in [3.8, 4) is 0 Å². The van der Waals surface area contributed by atoms with E-state index in [1.54, 1.807) is 13.4 Å². The summed E-state index contributed by atoms with van der Waals surface area (Å²) in [6.07, 6.45) is 6.76. The summed E-state index contributed by atoms with van der Waals surface area (Å²) in [6.45, 7) is 5.08. The minimum absolute atomic E-state index is 0.0386. The molecule has 8 heteroatoms. The van der Waals surface area contributed by atoms with E-state index in [2.05, 4.69) is 18.8 Å². The Bertz CT molecular complexity index is 840. The number of nitrogens with zero attached hydrogens (tertiary/aromatic N) is 4. The van der Waals surface area contributed by atoms with Gasteiger partial charge in [0.1, 0.15) is 0 Å². The summed E-state index contributed by atoms with van der Waals surface area (Å²) in [5, 5.41) is 0.0292. The number of alkyl halides is 2. The van der Waals surface area contributed by atoms with Crippen molar-refractivity contribution in [2.45, 2.75) is 76.2 Å². The van der Waals surface area contributed by atoms with E-state index in [0.717, 1.165) is 32.1 Å². The summed E-state index contributed by atoms with van der Waals surface area (Å²) in [7, 11) is 1.64. The van der Waals surface area contributed by atoms with Gasteiger partial charge in [0.15, 0.2) is 11.2 Å². The fourth-order valence-electron chi connectivity index (χ4n) is 3.15. The number of rotatable bonds is 10. The van der Waals surface area contributed by atoms with Crippen LogP contribution in [0.3, 0.4) is 0 Å². The summed E-state index contributed by atoms with van der Waals surface area (Å²) in [6, 6.07) is 0. The van der Waals surface area contributed by atoms with Crippen LogP contribution in [-0.2, 0) is 20.1 Å². The van der Waals surface area contributed by atoms with Gasteiger partial charge in [-0.25, -0.2) is 9.78 Å². The van der Waals surface area contributed by atoms with Crippen LogP contribution in [0.5, 0.6) is 0 Å². The SMILES string of the molecule is CCCC(Cl)CCn1c(=O)c2c(ncn2CCC(Cl)CCC)n(C)c1=O. The Morgan fingerprint density at radius 2 is 1.58 bits per heavy atom. The summed E-state index contributed by atoms with van der Waals surface area (Å²) < 4.78 is 4.51. The van der Waals surface area contributed by atoms with Crippen LogP contribution >= 0.6 is 23.2 Å². The molecule has 6 nitrogen and oxygen atoms in total. The molecule has 26 heavy (non-hydrogen) atoms. The maximum Gasteiger partial charge on any atom is 0.332 e. The first kappa shape index (κ1) is 21.0. The molecule has 2 aromatic heterocycles. The normalized spacial score (nSPS) is 14.0. The first-order valence-corrected chi connectivity index (χ1v) is 10.2. The molecule has 0 amide bonds. The molecule has 146 valence electrons. The van der Waals surface area contributed by atoms with Crippen LogP contribution in [0, 0.1) is 0 Å². The van der Waals surface area contributed by atoms with Crippen molar-refractivity contribution in [3.63, 3.8) is 0 Å². The van der Waals surface area contributed by atoms with Gasteiger partial charge in [-0.1, -0.05) is 26.7 Å². The van der Waals surface area contributed by atoms with Gasteiger partial charge in [-0.05, 0) is 25.7 Å². The van der Waals surface area contributed by atoms with E-state index >= 15 is 0 Å². The minimum atomic E-state index is -0.352. The minimum Gasteiger partial charge on any atom is -0.325 e. The largest absolute Gasteiger partial charge is 0.332 e. The number of fused-ring (bicyclic) bond motifs is 1. The Labute approximate surface area is 163 Å². The van der Waals surface area contributed by atoms with Crippen molar-refractivity contribution in [2.75, 3.05) is 0 Å². The lowest BCUT2D eigenvalue weighted by Crippen LogP contribution is -2.40. The zero-order valence-corrected chi connectivity index (χ0v) is 17.3.